The Kier molecular flexibility index (Phi) is 3.02. The first kappa shape index (κ1) is 10.6. The lowest BCUT2D eigenvalue weighted by molar-refractivity contribution is 1.19. The summed E-state index contributed by atoms with van der Waals surface area (Å²) in [6, 6.07) is 7.75. The Balaban J connectivity index is 2.54. The van der Waals surface area contributed by atoms with Crippen molar-refractivity contribution in [3.8, 4) is 11.3 Å². The zero-order valence-corrected chi connectivity index (χ0v) is 10.8. The lowest BCUT2D eigenvalue weighted by Gasteiger charge is -2.03. The van der Waals surface area contributed by atoms with Gasteiger partial charge in [-0.25, -0.2) is 9.97 Å². The minimum absolute atomic E-state index is 0.281. The average molecular weight is 329 g/mol. The van der Waals surface area contributed by atoms with Crippen LogP contribution in [0.25, 0.3) is 11.3 Å². The van der Waals surface area contributed by atoms with E-state index in [0.717, 1.165) is 20.2 Å². The van der Waals surface area contributed by atoms with Gasteiger partial charge < -0.3 is 5.73 Å². The number of aromatic nitrogens is 2. The summed E-state index contributed by atoms with van der Waals surface area (Å²) in [6.45, 7) is 0. The van der Waals surface area contributed by atoms with Crippen LogP contribution in [0.4, 0.5) is 5.95 Å². The fraction of sp³-hybridized carbons (Fsp3) is 0. The van der Waals surface area contributed by atoms with Gasteiger partial charge in [-0.2, -0.15) is 0 Å². The zero-order valence-electron chi connectivity index (χ0n) is 7.61. The van der Waals surface area contributed by atoms with Crippen molar-refractivity contribution < 1.29 is 0 Å². The quantitative estimate of drug-likeness (QED) is 0.874. The SMILES string of the molecule is Nc1nccc(-c2cc(Br)cc(Br)c2)n1. The molecule has 0 bridgehead atoms. The maximum atomic E-state index is 5.53. The largest absolute Gasteiger partial charge is 0.368 e. The maximum absolute atomic E-state index is 5.53. The van der Waals surface area contributed by atoms with E-state index in [1.807, 2.05) is 24.3 Å². The topological polar surface area (TPSA) is 51.8 Å². The Morgan fingerprint density at radius 1 is 1.07 bits per heavy atom. The van der Waals surface area contributed by atoms with Crippen molar-refractivity contribution in [2.75, 3.05) is 5.73 Å². The second kappa shape index (κ2) is 4.28. The summed E-state index contributed by atoms with van der Waals surface area (Å²) in [6.07, 6.45) is 1.65. The Hall–Kier alpha value is -0.940. The molecular weight excluding hydrogens is 322 g/mol. The van der Waals surface area contributed by atoms with Crippen LogP contribution in [0.2, 0.25) is 0 Å². The highest BCUT2D eigenvalue weighted by atomic mass is 79.9. The number of nitrogens with two attached hydrogens (primary N) is 1. The van der Waals surface area contributed by atoms with Crippen LogP contribution < -0.4 is 5.73 Å². The van der Waals surface area contributed by atoms with Crippen LogP contribution in [0, 0.1) is 0 Å². The lowest BCUT2D eigenvalue weighted by Crippen LogP contribution is -1.95. The van der Waals surface area contributed by atoms with Crippen LogP contribution in [0.5, 0.6) is 0 Å². The molecule has 1 heterocycles. The monoisotopic (exact) mass is 327 g/mol. The second-order valence-corrected chi connectivity index (χ2v) is 4.79. The first-order valence-electron chi connectivity index (χ1n) is 4.20. The molecule has 0 aliphatic carbocycles. The molecule has 0 fully saturated rings. The van der Waals surface area contributed by atoms with Gasteiger partial charge in [-0.15, -0.1) is 0 Å². The summed E-state index contributed by atoms with van der Waals surface area (Å²) < 4.78 is 1.98. The van der Waals surface area contributed by atoms with Gasteiger partial charge in [0.25, 0.3) is 0 Å². The molecule has 0 radical (unpaired) electrons. The molecule has 0 amide bonds. The van der Waals surface area contributed by atoms with Crippen molar-refractivity contribution in [2.24, 2.45) is 0 Å². The molecule has 1 aromatic heterocycles. The average Bonchev–Trinajstić information content (AvgIpc) is 2.16. The van der Waals surface area contributed by atoms with Gasteiger partial charge in [-0.1, -0.05) is 31.9 Å². The van der Waals surface area contributed by atoms with Crippen LogP contribution in [0.1, 0.15) is 0 Å². The molecule has 3 nitrogen and oxygen atoms in total. The van der Waals surface area contributed by atoms with Crippen LogP contribution in [0.3, 0.4) is 0 Å². The molecule has 0 aliphatic rings. The minimum Gasteiger partial charge on any atom is -0.368 e. The first-order chi connectivity index (χ1) is 7.15. The van der Waals surface area contributed by atoms with E-state index in [1.54, 1.807) is 6.20 Å². The number of nitrogen functional groups attached to an aromatic ring is 1. The van der Waals surface area contributed by atoms with E-state index in [-0.39, 0.29) is 5.95 Å². The van der Waals surface area contributed by atoms with Crippen LogP contribution in [0.15, 0.2) is 39.4 Å². The summed E-state index contributed by atoms with van der Waals surface area (Å²) in [5.41, 5.74) is 7.33. The Bertz CT molecular complexity index is 480. The van der Waals surface area contributed by atoms with Gasteiger partial charge >= 0.3 is 0 Å². The third-order valence-electron chi connectivity index (χ3n) is 1.83. The van der Waals surface area contributed by atoms with Crippen molar-refractivity contribution in [3.63, 3.8) is 0 Å². The highest BCUT2D eigenvalue weighted by molar-refractivity contribution is 9.11. The van der Waals surface area contributed by atoms with Crippen LogP contribution in [-0.2, 0) is 0 Å². The third kappa shape index (κ3) is 2.54. The number of hydrogen-bond donors (Lipinski definition) is 1. The maximum Gasteiger partial charge on any atom is 0.220 e. The molecule has 2 N–H and O–H groups in total. The van der Waals surface area contributed by atoms with E-state index in [1.165, 1.54) is 0 Å². The van der Waals surface area contributed by atoms with Gasteiger partial charge in [-0.05, 0) is 24.3 Å². The standard InChI is InChI=1S/C10H7Br2N3/c11-7-3-6(4-8(12)5-7)9-1-2-14-10(13)15-9/h1-5H,(H2,13,14,15). The van der Waals surface area contributed by atoms with Gasteiger partial charge in [0.1, 0.15) is 0 Å². The van der Waals surface area contributed by atoms with E-state index < -0.39 is 0 Å². The number of anilines is 1. The van der Waals surface area contributed by atoms with Gasteiger partial charge in [-0.3, -0.25) is 0 Å². The van der Waals surface area contributed by atoms with E-state index >= 15 is 0 Å². The Morgan fingerprint density at radius 3 is 2.33 bits per heavy atom. The van der Waals surface area contributed by atoms with Gasteiger partial charge in [0.2, 0.25) is 5.95 Å². The minimum atomic E-state index is 0.281. The molecule has 0 saturated heterocycles. The number of halogens is 2. The molecule has 15 heavy (non-hydrogen) atoms. The fourth-order valence-electron chi connectivity index (χ4n) is 1.24. The summed E-state index contributed by atoms with van der Waals surface area (Å²) in [5, 5.41) is 0. The van der Waals surface area contributed by atoms with Crippen molar-refractivity contribution in [3.05, 3.63) is 39.4 Å². The third-order valence-corrected chi connectivity index (χ3v) is 2.75. The van der Waals surface area contributed by atoms with E-state index in [2.05, 4.69) is 41.8 Å². The highest BCUT2D eigenvalue weighted by Gasteiger charge is 2.02. The predicted octanol–water partition coefficient (Wildman–Crippen LogP) is 3.25. The number of nitrogens with zero attached hydrogens (tertiary/aromatic N) is 2. The molecular formula is C10H7Br2N3. The van der Waals surface area contributed by atoms with Crippen molar-refractivity contribution in [1.29, 1.82) is 0 Å². The molecule has 0 atom stereocenters. The number of rotatable bonds is 1. The molecule has 76 valence electrons. The molecule has 0 aliphatic heterocycles. The zero-order chi connectivity index (χ0) is 10.8. The molecule has 0 saturated carbocycles. The van der Waals surface area contributed by atoms with Crippen molar-refractivity contribution in [2.45, 2.75) is 0 Å². The molecule has 2 rings (SSSR count). The fourth-order valence-corrected chi connectivity index (χ4v) is 2.53. The predicted molar refractivity (Wildman–Crippen MR) is 67.3 cm³/mol. The normalized spacial score (nSPS) is 10.3. The summed E-state index contributed by atoms with van der Waals surface area (Å²) in [4.78, 5) is 8.00. The molecule has 2 aromatic rings. The lowest BCUT2D eigenvalue weighted by atomic mass is 10.1. The number of hydrogen-bond acceptors (Lipinski definition) is 3. The van der Waals surface area contributed by atoms with Crippen LogP contribution >= 0.6 is 31.9 Å². The van der Waals surface area contributed by atoms with Crippen molar-refractivity contribution >= 4 is 37.8 Å². The van der Waals surface area contributed by atoms with E-state index in [0.29, 0.717) is 0 Å². The first-order valence-corrected chi connectivity index (χ1v) is 5.79. The highest BCUT2D eigenvalue weighted by Crippen LogP contribution is 2.26. The summed E-state index contributed by atoms with van der Waals surface area (Å²) in [5.74, 6) is 0.281. The molecule has 5 heteroatoms. The molecule has 1 aromatic carbocycles. The van der Waals surface area contributed by atoms with E-state index in [4.69, 9.17) is 5.73 Å². The van der Waals surface area contributed by atoms with Crippen LogP contribution in [-0.4, -0.2) is 9.97 Å². The smallest absolute Gasteiger partial charge is 0.220 e. The van der Waals surface area contributed by atoms with E-state index in [9.17, 15) is 0 Å². The van der Waals surface area contributed by atoms with Gasteiger partial charge in [0, 0.05) is 20.7 Å². The van der Waals surface area contributed by atoms with Gasteiger partial charge in [0.15, 0.2) is 0 Å². The Morgan fingerprint density at radius 2 is 1.73 bits per heavy atom. The van der Waals surface area contributed by atoms with Gasteiger partial charge in [0.05, 0.1) is 5.69 Å². The summed E-state index contributed by atoms with van der Waals surface area (Å²) >= 11 is 6.85. The summed E-state index contributed by atoms with van der Waals surface area (Å²) in [7, 11) is 0. The van der Waals surface area contributed by atoms with Crippen molar-refractivity contribution in [1.82, 2.24) is 9.97 Å². The second-order valence-electron chi connectivity index (χ2n) is 2.96. The molecule has 0 unspecified atom stereocenters. The Labute approximate surface area is 104 Å². The molecule has 0 spiro atoms. The number of benzene rings is 1.